The normalized spacial score (nSPS) is 24.3. The molecule has 0 spiro atoms. The summed E-state index contributed by atoms with van der Waals surface area (Å²) in [5.74, 6) is -1.92. The Balaban J connectivity index is 1.33. The zero-order valence-electron chi connectivity index (χ0n) is 14.9. The SMILES string of the molecule is O=C([C@@H]1CCC[C@H](C(F)(F)F)C1)N1CC(OCCCc2ccccc2)C1. The molecule has 3 rings (SSSR count). The lowest BCUT2D eigenvalue weighted by molar-refractivity contribution is -0.188. The van der Waals surface area contributed by atoms with Crippen LogP contribution in [0.25, 0.3) is 0 Å². The van der Waals surface area contributed by atoms with Gasteiger partial charge < -0.3 is 9.64 Å². The minimum atomic E-state index is -4.18. The number of hydrogen-bond donors (Lipinski definition) is 0. The third-order valence-corrected chi connectivity index (χ3v) is 5.45. The first-order chi connectivity index (χ1) is 12.4. The van der Waals surface area contributed by atoms with Crippen LogP contribution in [0.15, 0.2) is 30.3 Å². The van der Waals surface area contributed by atoms with Crippen LogP contribution in [0.3, 0.4) is 0 Å². The topological polar surface area (TPSA) is 29.5 Å². The predicted octanol–water partition coefficient (Wildman–Crippen LogP) is 4.22. The summed E-state index contributed by atoms with van der Waals surface area (Å²) in [6.07, 6.45) is -1.13. The van der Waals surface area contributed by atoms with Gasteiger partial charge in [-0.05, 0) is 37.7 Å². The average Bonchev–Trinajstić information content (AvgIpc) is 2.60. The number of likely N-dealkylation sites (tertiary alicyclic amines) is 1. The van der Waals surface area contributed by atoms with E-state index in [-0.39, 0.29) is 24.9 Å². The van der Waals surface area contributed by atoms with Gasteiger partial charge in [0, 0.05) is 25.6 Å². The minimum Gasteiger partial charge on any atom is -0.375 e. The lowest BCUT2D eigenvalue weighted by Gasteiger charge is -2.42. The lowest BCUT2D eigenvalue weighted by Crippen LogP contribution is -2.57. The van der Waals surface area contributed by atoms with Crippen molar-refractivity contribution < 1.29 is 22.7 Å². The summed E-state index contributed by atoms with van der Waals surface area (Å²) >= 11 is 0. The molecule has 1 aliphatic heterocycles. The van der Waals surface area contributed by atoms with Crippen LogP contribution in [0.5, 0.6) is 0 Å². The van der Waals surface area contributed by atoms with E-state index >= 15 is 0 Å². The van der Waals surface area contributed by atoms with Gasteiger partial charge in [0.1, 0.15) is 0 Å². The molecule has 0 unspecified atom stereocenters. The molecule has 6 heteroatoms. The van der Waals surface area contributed by atoms with E-state index in [1.807, 2.05) is 18.2 Å². The van der Waals surface area contributed by atoms with Crippen molar-refractivity contribution in [2.45, 2.75) is 50.8 Å². The standard InChI is InChI=1S/C20H26F3NO2/c21-20(22,23)17-10-4-9-16(12-17)19(25)24-13-18(14-24)26-11-5-8-15-6-2-1-3-7-15/h1-3,6-7,16-18H,4-5,8-14H2/t16-,17+/m1/s1. The molecule has 1 saturated heterocycles. The second kappa shape index (κ2) is 8.42. The lowest BCUT2D eigenvalue weighted by atomic mass is 9.80. The van der Waals surface area contributed by atoms with Crippen molar-refractivity contribution in [2.24, 2.45) is 11.8 Å². The third-order valence-electron chi connectivity index (χ3n) is 5.45. The van der Waals surface area contributed by atoms with E-state index in [1.54, 1.807) is 4.90 Å². The van der Waals surface area contributed by atoms with Gasteiger partial charge in [0.2, 0.25) is 5.91 Å². The van der Waals surface area contributed by atoms with Crippen LogP contribution in [0.4, 0.5) is 13.2 Å². The second-order valence-electron chi connectivity index (χ2n) is 7.43. The number of alkyl halides is 3. The maximum atomic E-state index is 12.9. The van der Waals surface area contributed by atoms with Crippen LogP contribution < -0.4 is 0 Å². The van der Waals surface area contributed by atoms with Crippen molar-refractivity contribution in [1.82, 2.24) is 4.90 Å². The Morgan fingerprint density at radius 1 is 1.15 bits per heavy atom. The summed E-state index contributed by atoms with van der Waals surface area (Å²) < 4.78 is 44.4. The number of carbonyl (C=O) groups is 1. The highest BCUT2D eigenvalue weighted by Gasteiger charge is 2.45. The Hall–Kier alpha value is -1.56. The first-order valence-electron chi connectivity index (χ1n) is 9.44. The summed E-state index contributed by atoms with van der Waals surface area (Å²) in [6, 6.07) is 10.2. The molecule has 1 heterocycles. The fourth-order valence-corrected chi connectivity index (χ4v) is 3.86. The summed E-state index contributed by atoms with van der Waals surface area (Å²) in [4.78, 5) is 14.1. The van der Waals surface area contributed by atoms with Gasteiger partial charge in [-0.3, -0.25) is 4.79 Å². The molecule has 144 valence electrons. The maximum Gasteiger partial charge on any atom is 0.391 e. The fraction of sp³-hybridized carbons (Fsp3) is 0.650. The van der Waals surface area contributed by atoms with Crippen molar-refractivity contribution in [3.05, 3.63) is 35.9 Å². The smallest absolute Gasteiger partial charge is 0.375 e. The molecule has 0 radical (unpaired) electrons. The molecular formula is C20H26F3NO2. The van der Waals surface area contributed by atoms with E-state index in [0.29, 0.717) is 32.5 Å². The van der Waals surface area contributed by atoms with Crippen molar-refractivity contribution in [3.63, 3.8) is 0 Å². The summed E-state index contributed by atoms with van der Waals surface area (Å²) in [7, 11) is 0. The number of rotatable bonds is 6. The minimum absolute atomic E-state index is 0.0247. The van der Waals surface area contributed by atoms with Gasteiger partial charge in [-0.25, -0.2) is 0 Å². The number of benzene rings is 1. The Bertz CT molecular complexity index is 584. The van der Waals surface area contributed by atoms with Crippen molar-refractivity contribution in [1.29, 1.82) is 0 Å². The highest BCUT2D eigenvalue weighted by Crippen LogP contribution is 2.40. The highest BCUT2D eigenvalue weighted by atomic mass is 19.4. The van der Waals surface area contributed by atoms with Crippen molar-refractivity contribution in [3.8, 4) is 0 Å². The second-order valence-corrected chi connectivity index (χ2v) is 7.43. The van der Waals surface area contributed by atoms with Crippen LogP contribution in [0.2, 0.25) is 0 Å². The number of ether oxygens (including phenoxy) is 1. The van der Waals surface area contributed by atoms with Gasteiger partial charge >= 0.3 is 6.18 Å². The molecule has 0 N–H and O–H groups in total. The molecule has 2 aliphatic rings. The molecule has 1 amide bonds. The molecule has 26 heavy (non-hydrogen) atoms. The number of nitrogens with zero attached hydrogens (tertiary/aromatic N) is 1. The van der Waals surface area contributed by atoms with E-state index in [0.717, 1.165) is 12.8 Å². The predicted molar refractivity (Wildman–Crippen MR) is 92.6 cm³/mol. The Morgan fingerprint density at radius 3 is 2.58 bits per heavy atom. The van der Waals surface area contributed by atoms with Crippen molar-refractivity contribution >= 4 is 5.91 Å². The zero-order valence-corrected chi connectivity index (χ0v) is 14.9. The van der Waals surface area contributed by atoms with Crippen LogP contribution in [0, 0.1) is 11.8 Å². The number of hydrogen-bond acceptors (Lipinski definition) is 2. The number of amides is 1. The number of halogens is 3. The van der Waals surface area contributed by atoms with E-state index in [4.69, 9.17) is 4.74 Å². The Labute approximate surface area is 152 Å². The quantitative estimate of drug-likeness (QED) is 0.703. The molecule has 1 saturated carbocycles. The molecule has 1 aromatic carbocycles. The van der Waals surface area contributed by atoms with Crippen LogP contribution in [-0.2, 0) is 16.0 Å². The molecule has 0 bridgehead atoms. The first kappa shape index (κ1) is 19.2. The third kappa shape index (κ3) is 5.00. The van der Waals surface area contributed by atoms with Gasteiger partial charge in [-0.15, -0.1) is 0 Å². The van der Waals surface area contributed by atoms with Gasteiger partial charge in [0.05, 0.1) is 12.0 Å². The van der Waals surface area contributed by atoms with E-state index < -0.39 is 18.0 Å². The summed E-state index contributed by atoms with van der Waals surface area (Å²) in [5.41, 5.74) is 1.28. The number of carbonyl (C=O) groups excluding carboxylic acids is 1. The van der Waals surface area contributed by atoms with Crippen LogP contribution in [0.1, 0.15) is 37.7 Å². The average molecular weight is 369 g/mol. The molecule has 3 nitrogen and oxygen atoms in total. The Kier molecular flexibility index (Phi) is 6.22. The van der Waals surface area contributed by atoms with E-state index in [2.05, 4.69) is 12.1 Å². The monoisotopic (exact) mass is 369 g/mol. The summed E-state index contributed by atoms with van der Waals surface area (Å²) in [5, 5.41) is 0. The van der Waals surface area contributed by atoms with Crippen molar-refractivity contribution in [2.75, 3.05) is 19.7 Å². The van der Waals surface area contributed by atoms with Gasteiger partial charge in [-0.1, -0.05) is 36.8 Å². The zero-order chi connectivity index (χ0) is 18.6. The molecule has 2 fully saturated rings. The summed E-state index contributed by atoms with van der Waals surface area (Å²) in [6.45, 7) is 1.66. The highest BCUT2D eigenvalue weighted by molar-refractivity contribution is 5.79. The fourth-order valence-electron chi connectivity index (χ4n) is 3.86. The largest absolute Gasteiger partial charge is 0.391 e. The van der Waals surface area contributed by atoms with Gasteiger partial charge in [0.15, 0.2) is 0 Å². The molecule has 2 atom stereocenters. The van der Waals surface area contributed by atoms with E-state index in [9.17, 15) is 18.0 Å². The van der Waals surface area contributed by atoms with Gasteiger partial charge in [0.25, 0.3) is 0 Å². The Morgan fingerprint density at radius 2 is 1.88 bits per heavy atom. The first-order valence-corrected chi connectivity index (χ1v) is 9.44. The maximum absolute atomic E-state index is 12.9. The van der Waals surface area contributed by atoms with Crippen LogP contribution in [-0.4, -0.2) is 42.8 Å². The molecule has 1 aliphatic carbocycles. The molecule has 0 aromatic heterocycles. The van der Waals surface area contributed by atoms with Gasteiger partial charge in [-0.2, -0.15) is 13.2 Å². The molecular weight excluding hydrogens is 343 g/mol. The van der Waals surface area contributed by atoms with Crippen LogP contribution >= 0.6 is 0 Å². The van der Waals surface area contributed by atoms with E-state index in [1.165, 1.54) is 5.56 Å². The number of aryl methyl sites for hydroxylation is 1. The molecule has 1 aromatic rings.